The summed E-state index contributed by atoms with van der Waals surface area (Å²) in [6, 6.07) is 0. The van der Waals surface area contributed by atoms with Crippen molar-refractivity contribution in [3.63, 3.8) is 0 Å². The summed E-state index contributed by atoms with van der Waals surface area (Å²) < 4.78 is 35.6. The minimum Gasteiger partial charge on any atom is -0.460 e. The molecule has 0 amide bonds. The van der Waals surface area contributed by atoms with Gasteiger partial charge in [-0.3, -0.25) is 0 Å². The van der Waals surface area contributed by atoms with Gasteiger partial charge in [-0.2, -0.15) is 0 Å². The van der Waals surface area contributed by atoms with Crippen molar-refractivity contribution in [3.8, 4) is 0 Å². The smallest absolute Gasteiger partial charge is 0.334 e. The van der Waals surface area contributed by atoms with Crippen molar-refractivity contribution in [2.75, 3.05) is 66.1 Å². The molecule has 0 saturated carbocycles. The number of esters is 2. The normalized spacial score (nSPS) is 10.9. The lowest BCUT2D eigenvalue weighted by Crippen LogP contribution is -2.17. The van der Waals surface area contributed by atoms with E-state index in [-0.39, 0.29) is 26.4 Å². The molecule has 0 atom stereocenters. The van der Waals surface area contributed by atoms with Gasteiger partial charge < -0.3 is 48.0 Å². The highest BCUT2D eigenvalue weighted by Crippen LogP contribution is 2.66. The number of hydrogen-bond acceptors (Lipinski definition) is 15. The number of ether oxygens (including phenoxy) is 2. The minimum absolute atomic E-state index is 0.120. The summed E-state index contributed by atoms with van der Waals surface area (Å²) in [5.41, 5.74) is 0. The van der Waals surface area contributed by atoms with Crippen molar-refractivity contribution in [3.05, 3.63) is 0 Å². The van der Waals surface area contributed by atoms with Gasteiger partial charge in [-0.15, -0.1) is 0 Å². The standard InChI is InChI=1S/C8H20O5P2S2.C6H10O6.C2H6O2/c1-5-9-14(16,10-6-2)13-15(17,11-7-3)12-8-4;7-3-5(9)11-1-2-12-6(10)4-8;3-1-2-4/h5-8H2,1-4H3;7-8H,1-4H2;3-4H,1-2H2. The summed E-state index contributed by atoms with van der Waals surface area (Å²) in [5.74, 6) is -1.56. The zero-order valence-electron chi connectivity index (χ0n) is 19.2. The number of carbonyl (C=O) groups is 2. The highest BCUT2D eigenvalue weighted by Gasteiger charge is 2.31. The van der Waals surface area contributed by atoms with Gasteiger partial charge >= 0.3 is 25.4 Å². The van der Waals surface area contributed by atoms with E-state index in [1.54, 1.807) is 0 Å². The zero-order valence-corrected chi connectivity index (χ0v) is 22.7. The summed E-state index contributed by atoms with van der Waals surface area (Å²) in [7, 11) is 0. The topological polar surface area (TPSA) is 180 Å². The second kappa shape index (κ2) is 25.0. The maximum Gasteiger partial charge on any atom is 0.334 e. The first-order chi connectivity index (χ1) is 15.6. The second-order valence-electron chi connectivity index (χ2n) is 4.85. The van der Waals surface area contributed by atoms with Gasteiger partial charge in [0, 0.05) is 0 Å². The molecule has 0 heterocycles. The molecule has 0 rings (SSSR count). The van der Waals surface area contributed by atoms with Crippen LogP contribution >= 0.6 is 13.4 Å². The van der Waals surface area contributed by atoms with Crippen molar-refractivity contribution in [2.45, 2.75) is 27.7 Å². The van der Waals surface area contributed by atoms with Crippen molar-refractivity contribution < 1.29 is 61.9 Å². The molecule has 13 nitrogen and oxygen atoms in total. The zero-order chi connectivity index (χ0) is 26.2. The average Bonchev–Trinajstić information content (AvgIpc) is 2.77. The van der Waals surface area contributed by atoms with Crippen LogP contribution in [0.3, 0.4) is 0 Å². The molecule has 0 saturated heterocycles. The molecule has 0 radical (unpaired) electrons. The molecule has 0 aliphatic rings. The molecule has 0 aliphatic heterocycles. The predicted molar refractivity (Wildman–Crippen MR) is 126 cm³/mol. The highest BCUT2D eigenvalue weighted by atomic mass is 32.5. The number of rotatable bonds is 16. The first-order valence-electron chi connectivity index (χ1n) is 9.81. The van der Waals surface area contributed by atoms with Gasteiger partial charge in [-0.1, -0.05) is 0 Å². The first-order valence-corrected chi connectivity index (χ1v) is 14.9. The molecule has 0 aromatic carbocycles. The third kappa shape index (κ3) is 24.8. The molecule has 200 valence electrons. The Labute approximate surface area is 204 Å². The third-order valence-electron chi connectivity index (χ3n) is 2.32. The molecule has 0 fully saturated rings. The van der Waals surface area contributed by atoms with Gasteiger partial charge in [-0.25, -0.2) is 13.9 Å². The van der Waals surface area contributed by atoms with Crippen LogP contribution in [0, 0.1) is 0 Å². The van der Waals surface area contributed by atoms with Gasteiger partial charge in [0.2, 0.25) is 0 Å². The van der Waals surface area contributed by atoms with Gasteiger partial charge in [0.15, 0.2) is 0 Å². The molecule has 4 N–H and O–H groups in total. The minimum atomic E-state index is -2.87. The number of carbonyl (C=O) groups excluding carboxylic acids is 2. The number of hydrogen-bond donors (Lipinski definition) is 4. The summed E-state index contributed by atoms with van der Waals surface area (Å²) in [5, 5.41) is 31.6. The summed E-state index contributed by atoms with van der Waals surface area (Å²) >= 11 is 10.4. The third-order valence-corrected chi connectivity index (χ3v) is 8.68. The summed E-state index contributed by atoms with van der Waals surface area (Å²) in [6.45, 7) is 1.20. The van der Waals surface area contributed by atoms with Gasteiger partial charge in [-0.05, 0) is 51.3 Å². The van der Waals surface area contributed by atoms with Crippen LogP contribution in [0.2, 0.25) is 0 Å². The SMILES string of the molecule is CCOP(=S)(OCC)OP(=S)(OCC)OCC.O=C(CO)OCCOC(=O)CO.OCCO. The van der Waals surface area contributed by atoms with Crippen LogP contribution in [-0.2, 0) is 65.1 Å². The van der Waals surface area contributed by atoms with E-state index in [1.165, 1.54) is 0 Å². The Morgan fingerprint density at radius 3 is 1.09 bits per heavy atom. The maximum atomic E-state index is 10.3. The van der Waals surface area contributed by atoms with Gasteiger partial charge in [0.05, 0.1) is 39.6 Å². The first kappa shape index (κ1) is 37.4. The van der Waals surface area contributed by atoms with Crippen molar-refractivity contribution in [2.24, 2.45) is 0 Å². The van der Waals surface area contributed by atoms with E-state index >= 15 is 0 Å². The Hall–Kier alpha value is -0.120. The lowest BCUT2D eigenvalue weighted by Gasteiger charge is -2.27. The highest BCUT2D eigenvalue weighted by molar-refractivity contribution is 8.14. The Balaban J connectivity index is -0.000000488. The van der Waals surface area contributed by atoms with Crippen LogP contribution < -0.4 is 0 Å². The molecule has 0 unspecified atom stereocenters. The number of aliphatic hydroxyl groups is 4. The molecule has 0 spiro atoms. The van der Waals surface area contributed by atoms with Crippen LogP contribution in [0.25, 0.3) is 0 Å². The van der Waals surface area contributed by atoms with Gasteiger partial charge in [0.25, 0.3) is 0 Å². The summed E-state index contributed by atoms with van der Waals surface area (Å²) in [4.78, 5) is 20.5. The van der Waals surface area contributed by atoms with Crippen LogP contribution in [0.5, 0.6) is 0 Å². The monoisotopic (exact) mass is 562 g/mol. The van der Waals surface area contributed by atoms with Crippen LogP contribution in [0.15, 0.2) is 0 Å². The number of aliphatic hydroxyl groups excluding tert-OH is 4. The van der Waals surface area contributed by atoms with E-state index in [0.717, 1.165) is 0 Å². The quantitative estimate of drug-likeness (QED) is 0.117. The summed E-state index contributed by atoms with van der Waals surface area (Å²) in [6.07, 6.45) is 0. The van der Waals surface area contributed by atoms with Crippen LogP contribution in [0.4, 0.5) is 0 Å². The molecule has 0 bridgehead atoms. The van der Waals surface area contributed by atoms with Crippen molar-refractivity contribution >= 4 is 49.0 Å². The van der Waals surface area contributed by atoms with E-state index in [4.69, 9.17) is 66.4 Å². The fraction of sp³-hybridized carbons (Fsp3) is 0.875. The Morgan fingerprint density at radius 1 is 0.636 bits per heavy atom. The van der Waals surface area contributed by atoms with E-state index in [2.05, 4.69) is 9.47 Å². The molecule has 0 aromatic heterocycles. The molecular formula is C16H36O13P2S2. The van der Waals surface area contributed by atoms with Crippen molar-refractivity contribution in [1.82, 2.24) is 0 Å². The largest absolute Gasteiger partial charge is 0.460 e. The fourth-order valence-corrected chi connectivity index (χ4v) is 7.70. The lowest BCUT2D eigenvalue weighted by molar-refractivity contribution is -0.155. The Kier molecular flexibility index (Phi) is 28.3. The fourth-order valence-electron chi connectivity index (χ4n) is 1.33. The molecule has 0 aliphatic carbocycles. The van der Waals surface area contributed by atoms with Gasteiger partial charge in [0.1, 0.15) is 26.4 Å². The second-order valence-corrected chi connectivity index (χ2v) is 11.0. The van der Waals surface area contributed by atoms with E-state index in [1.807, 2.05) is 27.7 Å². The Bertz CT molecular complexity index is 513. The lowest BCUT2D eigenvalue weighted by atomic mass is 10.7. The maximum absolute atomic E-state index is 10.3. The van der Waals surface area contributed by atoms with E-state index < -0.39 is 38.6 Å². The predicted octanol–water partition coefficient (Wildman–Crippen LogP) is 0.626. The Morgan fingerprint density at radius 2 is 0.909 bits per heavy atom. The van der Waals surface area contributed by atoms with Crippen LogP contribution in [0.1, 0.15) is 27.7 Å². The van der Waals surface area contributed by atoms with E-state index in [0.29, 0.717) is 26.4 Å². The van der Waals surface area contributed by atoms with Crippen LogP contribution in [-0.4, -0.2) is 98.4 Å². The molecule has 17 heteroatoms. The average molecular weight is 563 g/mol. The van der Waals surface area contributed by atoms with Crippen molar-refractivity contribution in [1.29, 1.82) is 0 Å². The molecular weight excluding hydrogens is 526 g/mol. The molecule has 0 aromatic rings. The molecule has 33 heavy (non-hydrogen) atoms. The van der Waals surface area contributed by atoms with E-state index in [9.17, 15) is 9.59 Å².